The first-order valence-electron chi connectivity index (χ1n) is 5.30. The van der Waals surface area contributed by atoms with Gasteiger partial charge < -0.3 is 10.6 Å². The predicted octanol–water partition coefficient (Wildman–Crippen LogP) is 3.99. The standard InChI is InChI=1S/C11H12Cl3N3.2ClH/c12-2-1-7-5-8(13)10(9(14)6-7)17-11-15-3-4-16-11;;/h5-6H,1-4H2,(H2,15,16,17);2*1H. The molecule has 1 aliphatic heterocycles. The minimum Gasteiger partial charge on any atom is -0.354 e. The molecule has 2 N–H and O–H groups in total. The molecule has 2 rings (SSSR count). The number of anilines is 1. The molecule has 0 aliphatic carbocycles. The summed E-state index contributed by atoms with van der Waals surface area (Å²) in [7, 11) is 0. The molecule has 0 radical (unpaired) electrons. The number of rotatable bonds is 3. The zero-order valence-electron chi connectivity index (χ0n) is 9.88. The van der Waals surface area contributed by atoms with Crippen molar-refractivity contribution in [1.82, 2.24) is 5.32 Å². The molecule has 0 atom stereocenters. The average molecular weight is 366 g/mol. The Hall–Kier alpha value is -0.0600. The third-order valence-electron chi connectivity index (χ3n) is 2.40. The van der Waals surface area contributed by atoms with Gasteiger partial charge in [0.15, 0.2) is 5.96 Å². The SMILES string of the molecule is Cl.Cl.ClCCc1cc(Cl)c(NC2=NCCN2)c(Cl)c1. The van der Waals surface area contributed by atoms with Gasteiger partial charge in [-0.1, -0.05) is 23.2 Å². The predicted molar refractivity (Wildman–Crippen MR) is 89.3 cm³/mol. The third-order valence-corrected chi connectivity index (χ3v) is 3.19. The lowest BCUT2D eigenvalue weighted by molar-refractivity contribution is 0.959. The van der Waals surface area contributed by atoms with Crippen LogP contribution in [0.5, 0.6) is 0 Å². The van der Waals surface area contributed by atoms with E-state index < -0.39 is 0 Å². The van der Waals surface area contributed by atoms with Gasteiger partial charge in [0.25, 0.3) is 0 Å². The van der Waals surface area contributed by atoms with Crippen LogP contribution in [0.2, 0.25) is 10.0 Å². The molecule has 8 heteroatoms. The molecule has 0 fully saturated rings. The lowest BCUT2D eigenvalue weighted by atomic mass is 10.1. The Bertz CT molecular complexity index is 427. The second-order valence-electron chi connectivity index (χ2n) is 3.66. The van der Waals surface area contributed by atoms with Crippen molar-refractivity contribution in [3.63, 3.8) is 0 Å². The summed E-state index contributed by atoms with van der Waals surface area (Å²) >= 11 is 18.0. The Kier molecular flexibility index (Phi) is 8.95. The summed E-state index contributed by atoms with van der Waals surface area (Å²) < 4.78 is 0. The van der Waals surface area contributed by atoms with Gasteiger partial charge in [0.1, 0.15) is 0 Å². The number of hydrogen-bond donors (Lipinski definition) is 2. The number of hydrogen-bond acceptors (Lipinski definition) is 3. The van der Waals surface area contributed by atoms with E-state index in [1.54, 1.807) is 0 Å². The lowest BCUT2D eigenvalue weighted by Crippen LogP contribution is -2.26. The highest BCUT2D eigenvalue weighted by Crippen LogP contribution is 2.32. The molecule has 1 aliphatic rings. The van der Waals surface area contributed by atoms with Crippen molar-refractivity contribution in [2.75, 3.05) is 24.3 Å². The highest BCUT2D eigenvalue weighted by molar-refractivity contribution is 6.40. The van der Waals surface area contributed by atoms with Crippen molar-refractivity contribution in [2.45, 2.75) is 6.42 Å². The Morgan fingerprint density at radius 1 is 1.21 bits per heavy atom. The second kappa shape index (κ2) is 8.98. The van der Waals surface area contributed by atoms with Gasteiger partial charge in [-0.25, -0.2) is 0 Å². The molecule has 3 nitrogen and oxygen atoms in total. The van der Waals surface area contributed by atoms with E-state index in [1.807, 2.05) is 12.1 Å². The highest BCUT2D eigenvalue weighted by atomic mass is 35.5. The van der Waals surface area contributed by atoms with Crippen molar-refractivity contribution in [3.05, 3.63) is 27.7 Å². The zero-order valence-corrected chi connectivity index (χ0v) is 13.8. The fourth-order valence-electron chi connectivity index (χ4n) is 1.60. The summed E-state index contributed by atoms with van der Waals surface area (Å²) in [6, 6.07) is 3.74. The van der Waals surface area contributed by atoms with Gasteiger partial charge in [-0.3, -0.25) is 4.99 Å². The summed E-state index contributed by atoms with van der Waals surface area (Å²) in [5, 5.41) is 7.34. The Balaban J connectivity index is 0.00000162. The molecule has 1 aromatic carbocycles. The van der Waals surface area contributed by atoms with Crippen LogP contribution in [-0.2, 0) is 6.42 Å². The first kappa shape index (κ1) is 18.9. The zero-order chi connectivity index (χ0) is 12.3. The minimum absolute atomic E-state index is 0. The monoisotopic (exact) mass is 363 g/mol. The molecule has 0 spiro atoms. The van der Waals surface area contributed by atoms with Gasteiger partial charge in [-0.15, -0.1) is 36.4 Å². The molecular weight excluding hydrogens is 351 g/mol. The molecule has 1 aromatic rings. The van der Waals surface area contributed by atoms with Crippen molar-refractivity contribution in [2.24, 2.45) is 4.99 Å². The fourth-order valence-corrected chi connectivity index (χ4v) is 2.44. The maximum absolute atomic E-state index is 6.18. The van der Waals surface area contributed by atoms with Crippen LogP contribution in [-0.4, -0.2) is 24.9 Å². The topological polar surface area (TPSA) is 36.4 Å². The molecule has 0 aromatic heterocycles. The second-order valence-corrected chi connectivity index (χ2v) is 4.85. The number of aryl methyl sites for hydroxylation is 1. The van der Waals surface area contributed by atoms with E-state index in [1.165, 1.54) is 0 Å². The minimum atomic E-state index is 0. The lowest BCUT2D eigenvalue weighted by Gasteiger charge is -2.12. The van der Waals surface area contributed by atoms with Crippen molar-refractivity contribution in [3.8, 4) is 0 Å². The van der Waals surface area contributed by atoms with Crippen LogP contribution < -0.4 is 10.6 Å². The van der Waals surface area contributed by atoms with E-state index in [0.29, 0.717) is 27.6 Å². The number of guanidine groups is 1. The van der Waals surface area contributed by atoms with Gasteiger partial charge in [0.05, 0.1) is 22.3 Å². The van der Waals surface area contributed by atoms with E-state index in [4.69, 9.17) is 34.8 Å². The normalized spacial score (nSPS) is 12.9. The maximum atomic E-state index is 6.18. The quantitative estimate of drug-likeness (QED) is 0.795. The van der Waals surface area contributed by atoms with E-state index in [9.17, 15) is 0 Å². The third kappa shape index (κ3) is 5.09. The molecule has 0 bridgehead atoms. The van der Waals surface area contributed by atoms with Crippen LogP contribution in [0.1, 0.15) is 5.56 Å². The number of halogens is 5. The smallest absolute Gasteiger partial charge is 0.196 e. The number of benzene rings is 1. The van der Waals surface area contributed by atoms with E-state index in [0.717, 1.165) is 25.1 Å². The van der Waals surface area contributed by atoms with Gasteiger partial charge >= 0.3 is 0 Å². The number of alkyl halides is 1. The van der Waals surface area contributed by atoms with Crippen LogP contribution in [0.15, 0.2) is 17.1 Å². The van der Waals surface area contributed by atoms with Gasteiger partial charge in [-0.2, -0.15) is 0 Å². The van der Waals surface area contributed by atoms with Gasteiger partial charge in [-0.05, 0) is 24.1 Å². The fraction of sp³-hybridized carbons (Fsp3) is 0.364. The average Bonchev–Trinajstić information content (AvgIpc) is 2.76. The first-order valence-corrected chi connectivity index (χ1v) is 6.59. The van der Waals surface area contributed by atoms with Gasteiger partial charge in [0, 0.05) is 12.4 Å². The van der Waals surface area contributed by atoms with Crippen molar-refractivity contribution < 1.29 is 0 Å². The molecule has 0 saturated carbocycles. The molecular formula is C11H14Cl5N3. The largest absolute Gasteiger partial charge is 0.354 e. The van der Waals surface area contributed by atoms with E-state index in [2.05, 4.69) is 15.6 Å². The van der Waals surface area contributed by atoms with Crippen LogP contribution >= 0.6 is 59.6 Å². The molecule has 0 unspecified atom stereocenters. The summed E-state index contributed by atoms with van der Waals surface area (Å²) in [4.78, 5) is 4.23. The summed E-state index contributed by atoms with van der Waals surface area (Å²) in [6.07, 6.45) is 0.750. The first-order chi connectivity index (χ1) is 8.20. The Morgan fingerprint density at radius 2 is 1.84 bits per heavy atom. The van der Waals surface area contributed by atoms with Crippen LogP contribution in [0.4, 0.5) is 5.69 Å². The van der Waals surface area contributed by atoms with E-state index >= 15 is 0 Å². The molecule has 0 saturated heterocycles. The van der Waals surface area contributed by atoms with Gasteiger partial charge in [0.2, 0.25) is 0 Å². The summed E-state index contributed by atoms with van der Waals surface area (Å²) in [6.45, 7) is 1.60. The number of aliphatic imine (C=N–C) groups is 1. The summed E-state index contributed by atoms with van der Waals surface area (Å²) in [5.41, 5.74) is 1.71. The van der Waals surface area contributed by atoms with E-state index in [-0.39, 0.29) is 24.8 Å². The number of nitrogens with zero attached hydrogens (tertiary/aromatic N) is 1. The van der Waals surface area contributed by atoms with Crippen LogP contribution in [0.3, 0.4) is 0 Å². The number of nitrogens with one attached hydrogen (secondary N) is 2. The molecule has 108 valence electrons. The van der Waals surface area contributed by atoms with Crippen LogP contribution in [0.25, 0.3) is 0 Å². The molecule has 19 heavy (non-hydrogen) atoms. The van der Waals surface area contributed by atoms with Crippen LogP contribution in [0, 0.1) is 0 Å². The Labute approximate surface area is 139 Å². The highest BCUT2D eigenvalue weighted by Gasteiger charge is 2.12. The Morgan fingerprint density at radius 3 is 2.32 bits per heavy atom. The molecule has 1 heterocycles. The van der Waals surface area contributed by atoms with Crippen molar-refractivity contribution >= 4 is 71.3 Å². The molecule has 0 amide bonds. The maximum Gasteiger partial charge on any atom is 0.196 e. The van der Waals surface area contributed by atoms with Crippen molar-refractivity contribution in [1.29, 1.82) is 0 Å². The summed E-state index contributed by atoms with van der Waals surface area (Å²) in [5.74, 6) is 1.26.